The molecule has 55 heavy (non-hydrogen) atoms. The second-order valence-corrected chi connectivity index (χ2v) is 15.2. The van der Waals surface area contributed by atoms with Gasteiger partial charge in [-0.25, -0.2) is 0 Å². The van der Waals surface area contributed by atoms with E-state index < -0.39 is 0 Å². The van der Waals surface area contributed by atoms with Crippen LogP contribution in [0.5, 0.6) is 0 Å². The highest BCUT2D eigenvalue weighted by Gasteiger charge is 2.17. The maximum absolute atomic E-state index is 2.42. The Balaban J connectivity index is 0.983. The van der Waals surface area contributed by atoms with Crippen LogP contribution in [0.15, 0.2) is 206 Å². The average Bonchev–Trinajstić information content (AvgIpc) is 3.81. The summed E-state index contributed by atoms with van der Waals surface area (Å²) in [6.45, 7) is 0. The molecule has 0 amide bonds. The Bertz CT molecular complexity index is 3170. The Morgan fingerprint density at radius 1 is 0.345 bits per heavy atom. The van der Waals surface area contributed by atoms with Crippen LogP contribution in [-0.2, 0) is 0 Å². The maximum Gasteiger partial charge on any atom is 0.0619 e. The first-order valence-electron chi connectivity index (χ1n) is 18.8. The SMILES string of the molecule is c1ccc(-c2ccc(N(c3ccc(-c4ccc(-n5c6ccccc6c6ccc7ccccc7c65)cc4)cc3)c3ccc4sc5ccccc5c4c3)cc2)cc1. The van der Waals surface area contributed by atoms with Crippen molar-refractivity contribution in [2.75, 3.05) is 4.90 Å². The third-order valence-corrected chi connectivity index (χ3v) is 12.1. The molecule has 2 aromatic heterocycles. The van der Waals surface area contributed by atoms with Crippen LogP contribution in [0.4, 0.5) is 17.1 Å². The van der Waals surface area contributed by atoms with Crippen molar-refractivity contribution in [3.05, 3.63) is 206 Å². The van der Waals surface area contributed by atoms with Gasteiger partial charge in [-0.1, -0.05) is 140 Å². The van der Waals surface area contributed by atoms with Gasteiger partial charge in [0.2, 0.25) is 0 Å². The minimum absolute atomic E-state index is 1.11. The molecule has 2 heterocycles. The average molecular weight is 719 g/mol. The number of nitrogens with zero attached hydrogens (tertiary/aromatic N) is 2. The molecule has 0 aliphatic carbocycles. The fourth-order valence-electron chi connectivity index (χ4n) is 8.34. The van der Waals surface area contributed by atoms with E-state index in [9.17, 15) is 0 Å². The molecule has 0 unspecified atom stereocenters. The van der Waals surface area contributed by atoms with E-state index in [0.717, 1.165) is 22.7 Å². The van der Waals surface area contributed by atoms with Gasteiger partial charge in [0.25, 0.3) is 0 Å². The molecule has 0 saturated carbocycles. The maximum atomic E-state index is 2.42. The van der Waals surface area contributed by atoms with Gasteiger partial charge < -0.3 is 9.47 Å². The number of thiophene rings is 1. The molecule has 0 fully saturated rings. The standard InChI is InChI=1S/C52H34N2S/c1-2-10-35(11-3-1)36-18-25-40(26-19-36)53(43-31-33-51-48(34-43)46-15-7-9-17-50(46)55-51)41-27-20-37(21-28-41)38-22-29-42(30-23-38)54-49-16-8-6-14-45(49)47-32-24-39-12-4-5-13-44(39)52(47)54/h1-34H. The summed E-state index contributed by atoms with van der Waals surface area (Å²) in [6, 6.07) is 75.1. The van der Waals surface area contributed by atoms with Crippen LogP contribution >= 0.6 is 11.3 Å². The van der Waals surface area contributed by atoms with Crippen LogP contribution in [0.1, 0.15) is 0 Å². The lowest BCUT2D eigenvalue weighted by Crippen LogP contribution is -2.09. The first kappa shape index (κ1) is 31.6. The van der Waals surface area contributed by atoms with Crippen molar-refractivity contribution in [3.63, 3.8) is 0 Å². The van der Waals surface area contributed by atoms with Crippen LogP contribution in [-0.4, -0.2) is 4.57 Å². The van der Waals surface area contributed by atoms with E-state index in [1.54, 1.807) is 0 Å². The highest BCUT2D eigenvalue weighted by atomic mass is 32.1. The summed E-state index contributed by atoms with van der Waals surface area (Å²) in [5, 5.41) is 7.66. The predicted octanol–water partition coefficient (Wildman–Crippen LogP) is 15.1. The lowest BCUT2D eigenvalue weighted by Gasteiger charge is -2.26. The van der Waals surface area contributed by atoms with E-state index in [0.29, 0.717) is 0 Å². The van der Waals surface area contributed by atoms with Crippen molar-refractivity contribution in [3.8, 4) is 27.9 Å². The van der Waals surface area contributed by atoms with Gasteiger partial charge >= 0.3 is 0 Å². The molecule has 3 heteroatoms. The molecule has 258 valence electrons. The van der Waals surface area contributed by atoms with Gasteiger partial charge in [-0.3, -0.25) is 0 Å². The van der Waals surface area contributed by atoms with E-state index in [2.05, 4.69) is 216 Å². The summed E-state index contributed by atoms with van der Waals surface area (Å²) in [4.78, 5) is 2.38. The van der Waals surface area contributed by atoms with E-state index in [4.69, 9.17) is 0 Å². The topological polar surface area (TPSA) is 8.17 Å². The molecule has 0 aliphatic rings. The van der Waals surface area contributed by atoms with E-state index in [1.165, 1.54) is 75.0 Å². The minimum Gasteiger partial charge on any atom is -0.310 e. The molecule has 0 saturated heterocycles. The summed E-state index contributed by atoms with van der Waals surface area (Å²) in [5.41, 5.74) is 11.8. The smallest absolute Gasteiger partial charge is 0.0619 e. The molecule has 9 aromatic carbocycles. The highest BCUT2D eigenvalue weighted by Crippen LogP contribution is 2.42. The third-order valence-electron chi connectivity index (χ3n) is 11.0. The molecule has 0 N–H and O–H groups in total. The third kappa shape index (κ3) is 5.32. The number of hydrogen-bond acceptors (Lipinski definition) is 2. The van der Waals surface area contributed by atoms with Crippen LogP contribution in [0.2, 0.25) is 0 Å². The molecule has 0 bridgehead atoms. The molecule has 11 aromatic rings. The largest absolute Gasteiger partial charge is 0.310 e. The van der Waals surface area contributed by atoms with Gasteiger partial charge in [0, 0.05) is 59.1 Å². The summed E-state index contributed by atoms with van der Waals surface area (Å²) in [7, 11) is 0. The second kappa shape index (κ2) is 12.9. The summed E-state index contributed by atoms with van der Waals surface area (Å²) < 4.78 is 5.04. The molecule has 0 atom stereocenters. The highest BCUT2D eigenvalue weighted by molar-refractivity contribution is 7.25. The Labute approximate surface area is 323 Å². The van der Waals surface area contributed by atoms with Crippen molar-refractivity contribution in [2.45, 2.75) is 0 Å². The normalized spacial score (nSPS) is 11.6. The summed E-state index contributed by atoms with van der Waals surface area (Å²) in [6.07, 6.45) is 0. The Kier molecular flexibility index (Phi) is 7.39. The zero-order chi connectivity index (χ0) is 36.3. The molecule has 0 aliphatic heterocycles. The van der Waals surface area contributed by atoms with E-state index in [-0.39, 0.29) is 0 Å². The lowest BCUT2D eigenvalue weighted by molar-refractivity contribution is 1.19. The Morgan fingerprint density at radius 3 is 1.62 bits per heavy atom. The van der Waals surface area contributed by atoms with Gasteiger partial charge in [-0.05, 0) is 94.4 Å². The van der Waals surface area contributed by atoms with Gasteiger partial charge in [0.15, 0.2) is 0 Å². The fraction of sp³-hybridized carbons (Fsp3) is 0. The Hall–Kier alpha value is -6.94. The zero-order valence-electron chi connectivity index (χ0n) is 29.9. The van der Waals surface area contributed by atoms with Crippen LogP contribution in [0, 0.1) is 0 Å². The van der Waals surface area contributed by atoms with Crippen molar-refractivity contribution < 1.29 is 0 Å². The van der Waals surface area contributed by atoms with Gasteiger partial charge in [0.05, 0.1) is 11.0 Å². The lowest BCUT2D eigenvalue weighted by atomic mass is 10.0. The summed E-state index contributed by atoms with van der Waals surface area (Å²) in [5.74, 6) is 0. The minimum atomic E-state index is 1.11. The van der Waals surface area contributed by atoms with Crippen molar-refractivity contribution in [1.29, 1.82) is 0 Å². The molecule has 0 spiro atoms. The van der Waals surface area contributed by atoms with E-state index in [1.807, 2.05) is 11.3 Å². The van der Waals surface area contributed by atoms with Crippen LogP contribution in [0.3, 0.4) is 0 Å². The fourth-order valence-corrected chi connectivity index (χ4v) is 9.42. The molecule has 11 rings (SSSR count). The number of fused-ring (bicyclic) bond motifs is 8. The van der Waals surface area contributed by atoms with Gasteiger partial charge in [-0.2, -0.15) is 0 Å². The first-order chi connectivity index (χ1) is 27.3. The quantitative estimate of drug-likeness (QED) is 0.166. The number of benzene rings is 9. The molecular formula is C52H34N2S. The van der Waals surface area contributed by atoms with Crippen LogP contribution < -0.4 is 4.90 Å². The van der Waals surface area contributed by atoms with Crippen molar-refractivity contribution in [2.24, 2.45) is 0 Å². The van der Waals surface area contributed by atoms with Crippen LogP contribution in [0.25, 0.3) is 80.7 Å². The van der Waals surface area contributed by atoms with Gasteiger partial charge in [0.1, 0.15) is 0 Å². The van der Waals surface area contributed by atoms with Crippen molar-refractivity contribution >= 4 is 81.1 Å². The van der Waals surface area contributed by atoms with Crippen molar-refractivity contribution in [1.82, 2.24) is 4.57 Å². The number of para-hydroxylation sites is 1. The number of anilines is 3. The predicted molar refractivity (Wildman–Crippen MR) is 237 cm³/mol. The first-order valence-corrected chi connectivity index (χ1v) is 19.6. The number of rotatable bonds is 6. The molecular weight excluding hydrogens is 685 g/mol. The second-order valence-electron chi connectivity index (χ2n) is 14.2. The molecule has 2 nitrogen and oxygen atoms in total. The number of hydrogen-bond donors (Lipinski definition) is 0. The Morgan fingerprint density at radius 2 is 0.891 bits per heavy atom. The van der Waals surface area contributed by atoms with E-state index >= 15 is 0 Å². The molecule has 0 radical (unpaired) electrons. The number of aromatic nitrogens is 1. The zero-order valence-corrected chi connectivity index (χ0v) is 30.7. The van der Waals surface area contributed by atoms with Gasteiger partial charge in [-0.15, -0.1) is 11.3 Å². The summed E-state index contributed by atoms with van der Waals surface area (Å²) >= 11 is 1.85. The monoisotopic (exact) mass is 718 g/mol.